The molecule has 0 heterocycles. The smallest absolute Gasteiger partial charge is 0.128 e. The first-order valence-corrected chi connectivity index (χ1v) is 6.73. The summed E-state index contributed by atoms with van der Waals surface area (Å²) in [7, 11) is 0. The van der Waals surface area contributed by atoms with E-state index >= 15 is 0 Å². The molecule has 0 radical (unpaired) electrons. The summed E-state index contributed by atoms with van der Waals surface area (Å²) in [5.41, 5.74) is 0.810. The van der Waals surface area contributed by atoms with E-state index in [4.69, 9.17) is 0 Å². The van der Waals surface area contributed by atoms with Crippen molar-refractivity contribution in [3.8, 4) is 0 Å². The molecule has 0 aromatic heterocycles. The van der Waals surface area contributed by atoms with Gasteiger partial charge < -0.3 is 5.32 Å². The van der Waals surface area contributed by atoms with Crippen LogP contribution in [0, 0.1) is 24.5 Å². The molecule has 1 unspecified atom stereocenters. The van der Waals surface area contributed by atoms with Gasteiger partial charge in [-0.3, -0.25) is 0 Å². The molecule has 1 atom stereocenters. The van der Waals surface area contributed by atoms with E-state index in [1.54, 1.807) is 6.92 Å². The van der Waals surface area contributed by atoms with E-state index in [-0.39, 0.29) is 17.7 Å². The maximum absolute atomic E-state index is 14.0. The Hall–Kier alpha value is -0.960. The highest BCUT2D eigenvalue weighted by Crippen LogP contribution is 2.30. The van der Waals surface area contributed by atoms with Crippen LogP contribution in [0.5, 0.6) is 0 Å². The topological polar surface area (TPSA) is 12.0 Å². The molecular weight excluding hydrogens is 232 g/mol. The lowest BCUT2D eigenvalue weighted by molar-refractivity contribution is 0.336. The van der Waals surface area contributed by atoms with Gasteiger partial charge in [-0.25, -0.2) is 8.78 Å². The van der Waals surface area contributed by atoms with Gasteiger partial charge >= 0.3 is 0 Å². The lowest BCUT2D eigenvalue weighted by atomic mass is 9.88. The zero-order chi connectivity index (χ0) is 13.7. The third-order valence-electron chi connectivity index (χ3n) is 3.56. The summed E-state index contributed by atoms with van der Waals surface area (Å²) in [6.45, 7) is 8.48. The number of halogens is 2. The van der Waals surface area contributed by atoms with Gasteiger partial charge in [0, 0.05) is 11.6 Å². The second-order valence-electron chi connectivity index (χ2n) is 4.73. The molecule has 0 aliphatic carbocycles. The van der Waals surface area contributed by atoms with Crippen molar-refractivity contribution in [2.24, 2.45) is 5.92 Å². The zero-order valence-corrected chi connectivity index (χ0v) is 11.7. The Bertz CT molecular complexity index is 386. The molecule has 1 aromatic rings. The predicted octanol–water partition coefficient (Wildman–Crippen LogP) is 4.36. The van der Waals surface area contributed by atoms with Crippen LogP contribution in [0.25, 0.3) is 0 Å². The molecule has 0 saturated carbocycles. The van der Waals surface area contributed by atoms with Crippen LogP contribution in [-0.2, 0) is 0 Å². The van der Waals surface area contributed by atoms with Crippen molar-refractivity contribution in [2.45, 2.75) is 46.6 Å². The summed E-state index contributed by atoms with van der Waals surface area (Å²) in [4.78, 5) is 0. The molecule has 102 valence electrons. The van der Waals surface area contributed by atoms with Crippen LogP contribution in [0.2, 0.25) is 0 Å². The normalized spacial score (nSPS) is 13.1. The third kappa shape index (κ3) is 3.29. The van der Waals surface area contributed by atoms with Crippen molar-refractivity contribution in [1.82, 2.24) is 5.32 Å². The highest BCUT2D eigenvalue weighted by molar-refractivity contribution is 5.28. The Morgan fingerprint density at radius 3 is 2.17 bits per heavy atom. The van der Waals surface area contributed by atoms with Crippen molar-refractivity contribution in [3.05, 3.63) is 34.9 Å². The minimum Gasteiger partial charge on any atom is -0.310 e. The summed E-state index contributed by atoms with van der Waals surface area (Å²) in [6.07, 6.45) is 1.90. The van der Waals surface area contributed by atoms with Crippen LogP contribution in [0.3, 0.4) is 0 Å². The lowest BCUT2D eigenvalue weighted by Gasteiger charge is -2.27. The third-order valence-corrected chi connectivity index (χ3v) is 3.56. The van der Waals surface area contributed by atoms with Gasteiger partial charge in [-0.2, -0.15) is 0 Å². The van der Waals surface area contributed by atoms with Crippen LogP contribution < -0.4 is 5.32 Å². The van der Waals surface area contributed by atoms with Crippen molar-refractivity contribution in [1.29, 1.82) is 0 Å². The van der Waals surface area contributed by atoms with Gasteiger partial charge in [-0.05, 0) is 37.1 Å². The van der Waals surface area contributed by atoms with Gasteiger partial charge in [0.1, 0.15) is 11.6 Å². The maximum atomic E-state index is 14.0. The minimum atomic E-state index is -0.333. The predicted molar refractivity (Wildman–Crippen MR) is 71.6 cm³/mol. The summed E-state index contributed by atoms with van der Waals surface area (Å²) >= 11 is 0. The maximum Gasteiger partial charge on any atom is 0.128 e. The van der Waals surface area contributed by atoms with Gasteiger partial charge in [-0.1, -0.05) is 33.6 Å². The first-order valence-electron chi connectivity index (χ1n) is 6.73. The fourth-order valence-electron chi connectivity index (χ4n) is 2.41. The average molecular weight is 255 g/mol. The summed E-state index contributed by atoms with van der Waals surface area (Å²) in [6, 6.07) is 2.52. The number of hydrogen-bond donors (Lipinski definition) is 1. The molecule has 0 aliphatic heterocycles. The molecule has 1 aromatic carbocycles. The molecule has 0 amide bonds. The first-order chi connectivity index (χ1) is 8.54. The van der Waals surface area contributed by atoms with Crippen LogP contribution in [0.15, 0.2) is 12.1 Å². The molecule has 0 aliphatic rings. The van der Waals surface area contributed by atoms with E-state index < -0.39 is 0 Å². The van der Waals surface area contributed by atoms with Gasteiger partial charge in [0.25, 0.3) is 0 Å². The van der Waals surface area contributed by atoms with Gasteiger partial charge in [-0.15, -0.1) is 0 Å². The monoisotopic (exact) mass is 255 g/mol. The quantitative estimate of drug-likeness (QED) is 0.796. The lowest BCUT2D eigenvalue weighted by Crippen LogP contribution is -2.28. The van der Waals surface area contributed by atoms with E-state index in [1.165, 1.54) is 12.1 Å². The van der Waals surface area contributed by atoms with Crippen LogP contribution in [0.1, 0.15) is 50.8 Å². The molecule has 0 bridgehead atoms. The molecule has 3 heteroatoms. The largest absolute Gasteiger partial charge is 0.310 e. The fourth-order valence-corrected chi connectivity index (χ4v) is 2.41. The Kier molecular flexibility index (Phi) is 5.73. The number of hydrogen-bond acceptors (Lipinski definition) is 1. The summed E-state index contributed by atoms with van der Waals surface area (Å²) in [5.74, 6) is -0.325. The van der Waals surface area contributed by atoms with Gasteiger partial charge in [0.2, 0.25) is 0 Å². The van der Waals surface area contributed by atoms with Crippen molar-refractivity contribution in [3.63, 3.8) is 0 Å². The van der Waals surface area contributed by atoms with Crippen LogP contribution >= 0.6 is 0 Å². The highest BCUT2D eigenvalue weighted by Gasteiger charge is 2.23. The van der Waals surface area contributed by atoms with Crippen LogP contribution in [-0.4, -0.2) is 6.54 Å². The Labute approximate surface area is 109 Å². The van der Waals surface area contributed by atoms with E-state index in [0.29, 0.717) is 17.0 Å². The second-order valence-corrected chi connectivity index (χ2v) is 4.73. The molecule has 18 heavy (non-hydrogen) atoms. The fraction of sp³-hybridized carbons (Fsp3) is 0.600. The van der Waals surface area contributed by atoms with Crippen LogP contribution in [0.4, 0.5) is 8.78 Å². The number of aryl methyl sites for hydroxylation is 1. The molecule has 1 rings (SSSR count). The average Bonchev–Trinajstić information content (AvgIpc) is 2.34. The number of rotatable bonds is 6. The standard InChI is InChI=1S/C15H23F2N/c1-5-11(6-2)15(18-7-3)12-9-13(16)10(4)8-14(12)17/h8-9,11,15,18H,5-7H2,1-4H3. The van der Waals surface area contributed by atoms with Crippen molar-refractivity contribution >= 4 is 0 Å². The summed E-state index contributed by atoms with van der Waals surface area (Å²) < 4.78 is 27.7. The van der Waals surface area contributed by atoms with Gasteiger partial charge in [0.05, 0.1) is 0 Å². The van der Waals surface area contributed by atoms with E-state index in [9.17, 15) is 8.78 Å². The molecular formula is C15H23F2N. The zero-order valence-electron chi connectivity index (χ0n) is 11.7. The molecule has 0 saturated heterocycles. The van der Waals surface area contributed by atoms with Crippen molar-refractivity contribution < 1.29 is 8.78 Å². The van der Waals surface area contributed by atoms with Gasteiger partial charge in [0.15, 0.2) is 0 Å². The number of benzene rings is 1. The van der Waals surface area contributed by atoms with E-state index in [2.05, 4.69) is 19.2 Å². The first kappa shape index (κ1) is 15.1. The summed E-state index contributed by atoms with van der Waals surface area (Å²) in [5, 5.41) is 3.28. The Morgan fingerprint density at radius 2 is 1.67 bits per heavy atom. The van der Waals surface area contributed by atoms with E-state index in [1.807, 2.05) is 6.92 Å². The van der Waals surface area contributed by atoms with E-state index in [0.717, 1.165) is 19.4 Å². The number of nitrogens with one attached hydrogen (secondary N) is 1. The molecule has 1 N–H and O–H groups in total. The minimum absolute atomic E-state index is 0.111. The van der Waals surface area contributed by atoms with Crippen molar-refractivity contribution in [2.75, 3.05) is 6.54 Å². The molecule has 0 spiro atoms. The Morgan fingerprint density at radius 1 is 1.06 bits per heavy atom. The molecule has 0 fully saturated rings. The Balaban J connectivity index is 3.16. The molecule has 1 nitrogen and oxygen atoms in total. The SMILES string of the molecule is CCNC(c1cc(F)c(C)cc1F)C(CC)CC. The highest BCUT2D eigenvalue weighted by atomic mass is 19.1. The second kappa shape index (κ2) is 6.83.